The van der Waals surface area contributed by atoms with E-state index in [4.69, 9.17) is 11.0 Å². The van der Waals surface area contributed by atoms with Gasteiger partial charge in [0.15, 0.2) is 0 Å². The zero-order valence-corrected chi connectivity index (χ0v) is 7.05. The van der Waals surface area contributed by atoms with Gasteiger partial charge in [-0.25, -0.2) is 4.39 Å². The maximum absolute atomic E-state index is 13.3. The third-order valence-electron chi connectivity index (χ3n) is 2.32. The topological polar surface area (TPSA) is 49.8 Å². The fourth-order valence-electron chi connectivity index (χ4n) is 1.51. The second kappa shape index (κ2) is 2.74. The van der Waals surface area contributed by atoms with Crippen LogP contribution >= 0.6 is 0 Å². The Labute approximate surface area is 75.8 Å². The Morgan fingerprint density at radius 1 is 1.46 bits per heavy atom. The number of hydrogen-bond acceptors (Lipinski definition) is 2. The molecule has 1 aliphatic carbocycles. The van der Waals surface area contributed by atoms with Gasteiger partial charge in [0.05, 0.1) is 5.56 Å². The van der Waals surface area contributed by atoms with Gasteiger partial charge in [-0.15, -0.1) is 0 Å². The zero-order valence-electron chi connectivity index (χ0n) is 7.05. The molecule has 66 valence electrons. The van der Waals surface area contributed by atoms with E-state index in [1.54, 1.807) is 0 Å². The van der Waals surface area contributed by atoms with Crippen LogP contribution in [0.2, 0.25) is 0 Å². The highest BCUT2D eigenvalue weighted by Crippen LogP contribution is 2.43. The first kappa shape index (κ1) is 8.06. The van der Waals surface area contributed by atoms with Crippen LogP contribution in [-0.2, 0) is 0 Å². The third kappa shape index (κ3) is 1.25. The summed E-state index contributed by atoms with van der Waals surface area (Å²) < 4.78 is 13.3. The third-order valence-corrected chi connectivity index (χ3v) is 2.32. The Morgan fingerprint density at radius 3 is 2.69 bits per heavy atom. The van der Waals surface area contributed by atoms with Crippen LogP contribution < -0.4 is 5.73 Å². The number of hydrogen-bond donors (Lipinski definition) is 1. The molecule has 0 spiro atoms. The minimum Gasteiger partial charge on any atom is -0.398 e. The summed E-state index contributed by atoms with van der Waals surface area (Å²) >= 11 is 0. The van der Waals surface area contributed by atoms with E-state index in [0.717, 1.165) is 12.8 Å². The molecule has 1 aromatic rings. The Bertz CT molecular complexity index is 389. The highest BCUT2D eigenvalue weighted by molar-refractivity contribution is 5.59. The lowest BCUT2D eigenvalue weighted by Crippen LogP contribution is -1.98. The molecule has 2 rings (SSSR count). The zero-order chi connectivity index (χ0) is 9.42. The number of nitrogen functional groups attached to an aromatic ring is 1. The van der Waals surface area contributed by atoms with Crippen LogP contribution in [0, 0.1) is 17.1 Å². The molecular weight excluding hydrogens is 167 g/mol. The summed E-state index contributed by atoms with van der Waals surface area (Å²) in [6.07, 6.45) is 1.93. The molecular formula is C10H9FN2. The van der Waals surface area contributed by atoms with Crippen LogP contribution in [0.3, 0.4) is 0 Å². The first-order valence-electron chi connectivity index (χ1n) is 4.22. The first-order valence-corrected chi connectivity index (χ1v) is 4.22. The number of nitrogens with zero attached hydrogens (tertiary/aromatic N) is 1. The maximum atomic E-state index is 13.3. The molecule has 0 atom stereocenters. The van der Waals surface area contributed by atoms with Crippen LogP contribution in [0.15, 0.2) is 12.1 Å². The molecule has 1 aliphatic rings. The highest BCUT2D eigenvalue weighted by atomic mass is 19.1. The van der Waals surface area contributed by atoms with E-state index < -0.39 is 0 Å². The molecule has 1 fully saturated rings. The van der Waals surface area contributed by atoms with Crippen LogP contribution in [0.5, 0.6) is 0 Å². The highest BCUT2D eigenvalue weighted by Gasteiger charge is 2.29. The fraction of sp³-hybridized carbons (Fsp3) is 0.300. The Kier molecular flexibility index (Phi) is 1.70. The molecule has 0 amide bonds. The summed E-state index contributed by atoms with van der Waals surface area (Å²) in [4.78, 5) is 0. The predicted molar refractivity (Wildman–Crippen MR) is 47.5 cm³/mol. The lowest BCUT2D eigenvalue weighted by molar-refractivity contribution is 0.610. The standard InChI is InChI=1S/C10H9FN2/c11-8-3-4-9(13)7(5-12)10(8)6-1-2-6/h3-4,6H,1-2,13H2. The van der Waals surface area contributed by atoms with Gasteiger partial charge in [-0.2, -0.15) is 5.26 Å². The van der Waals surface area contributed by atoms with Gasteiger partial charge < -0.3 is 5.73 Å². The van der Waals surface area contributed by atoms with Gasteiger partial charge >= 0.3 is 0 Å². The Morgan fingerprint density at radius 2 is 2.15 bits per heavy atom. The molecule has 2 N–H and O–H groups in total. The molecule has 0 saturated heterocycles. The van der Waals surface area contributed by atoms with Gasteiger partial charge in [0.1, 0.15) is 11.9 Å². The van der Waals surface area contributed by atoms with Crippen molar-refractivity contribution < 1.29 is 4.39 Å². The minimum atomic E-state index is -0.298. The van der Waals surface area contributed by atoms with Crippen molar-refractivity contribution in [3.05, 3.63) is 29.1 Å². The van der Waals surface area contributed by atoms with Crippen LogP contribution in [0.1, 0.15) is 29.9 Å². The van der Waals surface area contributed by atoms with E-state index >= 15 is 0 Å². The summed E-state index contributed by atoms with van der Waals surface area (Å²) in [6, 6.07) is 4.74. The molecule has 3 heteroatoms. The van der Waals surface area contributed by atoms with Crippen molar-refractivity contribution in [2.75, 3.05) is 5.73 Å². The molecule has 0 bridgehead atoms. The lowest BCUT2D eigenvalue weighted by Gasteiger charge is -2.05. The van der Waals surface area contributed by atoms with E-state index in [9.17, 15) is 4.39 Å². The number of anilines is 1. The van der Waals surface area contributed by atoms with E-state index in [1.165, 1.54) is 12.1 Å². The number of nitrogens with two attached hydrogens (primary N) is 1. The van der Waals surface area contributed by atoms with Crippen molar-refractivity contribution in [2.24, 2.45) is 0 Å². The van der Waals surface area contributed by atoms with Gasteiger partial charge in [-0.3, -0.25) is 0 Å². The summed E-state index contributed by atoms with van der Waals surface area (Å²) in [5.41, 5.74) is 6.80. The lowest BCUT2D eigenvalue weighted by atomic mass is 10.0. The largest absolute Gasteiger partial charge is 0.398 e. The van der Waals surface area contributed by atoms with Crippen molar-refractivity contribution in [2.45, 2.75) is 18.8 Å². The molecule has 0 unspecified atom stereocenters. The van der Waals surface area contributed by atoms with E-state index in [1.807, 2.05) is 6.07 Å². The second-order valence-corrected chi connectivity index (χ2v) is 3.31. The van der Waals surface area contributed by atoms with Gasteiger partial charge in [0.2, 0.25) is 0 Å². The van der Waals surface area contributed by atoms with Gasteiger partial charge in [0, 0.05) is 11.3 Å². The molecule has 0 aliphatic heterocycles. The van der Waals surface area contributed by atoms with Crippen LogP contribution in [0.4, 0.5) is 10.1 Å². The molecule has 0 aromatic heterocycles. The maximum Gasteiger partial charge on any atom is 0.128 e. The van der Waals surface area contributed by atoms with Gasteiger partial charge in [0.25, 0.3) is 0 Å². The van der Waals surface area contributed by atoms with Crippen molar-refractivity contribution in [3.63, 3.8) is 0 Å². The normalized spacial score (nSPS) is 15.4. The number of halogens is 1. The van der Waals surface area contributed by atoms with E-state index in [0.29, 0.717) is 16.8 Å². The average molecular weight is 176 g/mol. The summed E-state index contributed by atoms with van der Waals surface area (Å²) in [5, 5.41) is 8.80. The SMILES string of the molecule is N#Cc1c(N)ccc(F)c1C1CC1. The second-order valence-electron chi connectivity index (χ2n) is 3.31. The number of nitriles is 1. The smallest absolute Gasteiger partial charge is 0.128 e. The molecule has 1 aromatic carbocycles. The van der Waals surface area contributed by atoms with E-state index in [2.05, 4.69) is 0 Å². The molecule has 0 radical (unpaired) electrons. The average Bonchev–Trinajstić information content (AvgIpc) is 2.91. The van der Waals surface area contributed by atoms with Crippen molar-refractivity contribution in [3.8, 4) is 6.07 Å². The molecule has 0 heterocycles. The number of rotatable bonds is 1. The Hall–Kier alpha value is -1.56. The first-order chi connectivity index (χ1) is 6.24. The van der Waals surface area contributed by atoms with Crippen LogP contribution in [-0.4, -0.2) is 0 Å². The Balaban J connectivity index is 2.62. The van der Waals surface area contributed by atoms with Crippen molar-refractivity contribution in [1.29, 1.82) is 5.26 Å². The molecule has 2 nitrogen and oxygen atoms in total. The summed E-state index contributed by atoms with van der Waals surface area (Å²) in [7, 11) is 0. The molecule has 13 heavy (non-hydrogen) atoms. The molecule has 1 saturated carbocycles. The van der Waals surface area contributed by atoms with Crippen LogP contribution in [0.25, 0.3) is 0 Å². The monoisotopic (exact) mass is 176 g/mol. The van der Waals surface area contributed by atoms with E-state index in [-0.39, 0.29) is 11.7 Å². The fourth-order valence-corrected chi connectivity index (χ4v) is 1.51. The summed E-state index contributed by atoms with van der Waals surface area (Å²) in [6.45, 7) is 0. The minimum absolute atomic E-state index is 0.221. The summed E-state index contributed by atoms with van der Waals surface area (Å²) in [5.74, 6) is -0.0774. The van der Waals surface area contributed by atoms with Crippen molar-refractivity contribution >= 4 is 5.69 Å². The van der Waals surface area contributed by atoms with Crippen molar-refractivity contribution in [1.82, 2.24) is 0 Å². The predicted octanol–water partition coefficient (Wildman–Crippen LogP) is 2.16. The number of benzene rings is 1. The van der Waals surface area contributed by atoms with Gasteiger partial charge in [-0.1, -0.05) is 0 Å². The van der Waals surface area contributed by atoms with Gasteiger partial charge in [-0.05, 0) is 30.9 Å². The quantitative estimate of drug-likeness (QED) is 0.666.